The van der Waals surface area contributed by atoms with E-state index in [0.717, 1.165) is 11.1 Å². The predicted molar refractivity (Wildman–Crippen MR) is 100 cm³/mol. The summed E-state index contributed by atoms with van der Waals surface area (Å²) in [5.41, 5.74) is 2.23. The van der Waals surface area contributed by atoms with Gasteiger partial charge in [0, 0.05) is 6.54 Å². The largest absolute Gasteiger partial charge is 0.394 e. The lowest BCUT2D eigenvalue weighted by Crippen LogP contribution is -2.46. The van der Waals surface area contributed by atoms with Gasteiger partial charge in [0.05, 0.1) is 18.7 Å². The van der Waals surface area contributed by atoms with E-state index in [1.807, 2.05) is 62.6 Å². The lowest BCUT2D eigenvalue weighted by molar-refractivity contribution is 0.211. The Hall–Kier alpha value is -2.37. The molecule has 5 nitrogen and oxygen atoms in total. The van der Waals surface area contributed by atoms with Crippen LogP contribution < -0.4 is 10.6 Å². The molecule has 0 saturated carbocycles. The van der Waals surface area contributed by atoms with Crippen molar-refractivity contribution in [2.45, 2.75) is 18.5 Å². The first-order valence-corrected chi connectivity index (χ1v) is 8.50. The molecule has 2 rings (SSSR count). The minimum absolute atomic E-state index is 0.0913. The number of hydrogen-bond donors (Lipinski definition) is 3. The van der Waals surface area contributed by atoms with Crippen molar-refractivity contribution in [1.29, 1.82) is 0 Å². The van der Waals surface area contributed by atoms with Gasteiger partial charge in [0.15, 0.2) is 0 Å². The summed E-state index contributed by atoms with van der Waals surface area (Å²) < 4.78 is 0. The molecule has 2 unspecified atom stereocenters. The highest BCUT2D eigenvalue weighted by atomic mass is 16.3. The van der Waals surface area contributed by atoms with Crippen LogP contribution in [0.25, 0.3) is 0 Å². The van der Waals surface area contributed by atoms with Gasteiger partial charge in [-0.3, -0.25) is 0 Å². The minimum Gasteiger partial charge on any atom is -0.394 e. The number of nitrogens with zero attached hydrogens (tertiary/aromatic N) is 1. The van der Waals surface area contributed by atoms with E-state index in [4.69, 9.17) is 0 Å². The summed E-state index contributed by atoms with van der Waals surface area (Å²) in [6.07, 6.45) is 0.598. The number of carbonyl (C=O) groups is 1. The van der Waals surface area contributed by atoms with Crippen molar-refractivity contribution in [3.05, 3.63) is 71.8 Å². The number of rotatable bonds is 8. The van der Waals surface area contributed by atoms with Gasteiger partial charge in [-0.1, -0.05) is 60.7 Å². The molecule has 0 aliphatic heterocycles. The summed E-state index contributed by atoms with van der Waals surface area (Å²) in [6.45, 7) is 0.393. The second-order valence-electron chi connectivity index (χ2n) is 6.31. The van der Waals surface area contributed by atoms with Crippen molar-refractivity contribution in [2.75, 3.05) is 27.2 Å². The van der Waals surface area contributed by atoms with Crippen LogP contribution in [0.3, 0.4) is 0 Å². The second kappa shape index (κ2) is 9.81. The van der Waals surface area contributed by atoms with Gasteiger partial charge in [0.2, 0.25) is 0 Å². The monoisotopic (exact) mass is 341 g/mol. The van der Waals surface area contributed by atoms with Crippen molar-refractivity contribution >= 4 is 6.03 Å². The summed E-state index contributed by atoms with van der Waals surface area (Å²) >= 11 is 0. The van der Waals surface area contributed by atoms with Crippen molar-refractivity contribution in [3.8, 4) is 0 Å². The van der Waals surface area contributed by atoms with Crippen molar-refractivity contribution in [2.24, 2.45) is 0 Å². The summed E-state index contributed by atoms with van der Waals surface area (Å²) in [4.78, 5) is 14.3. The molecule has 0 saturated heterocycles. The molecule has 2 aromatic carbocycles. The lowest BCUT2D eigenvalue weighted by Gasteiger charge is -2.25. The second-order valence-corrected chi connectivity index (χ2v) is 6.31. The molecule has 2 aromatic rings. The van der Waals surface area contributed by atoms with Crippen LogP contribution in [0, 0.1) is 0 Å². The molecule has 25 heavy (non-hydrogen) atoms. The highest BCUT2D eigenvalue weighted by molar-refractivity contribution is 5.74. The molecule has 5 heteroatoms. The molecule has 0 bridgehead atoms. The number of urea groups is 1. The SMILES string of the molecule is CN(C)C(CNC(=O)NC(CO)Cc1ccccc1)c1ccccc1. The molecule has 0 aliphatic carbocycles. The van der Waals surface area contributed by atoms with E-state index in [-0.39, 0.29) is 24.7 Å². The van der Waals surface area contributed by atoms with Crippen molar-refractivity contribution in [3.63, 3.8) is 0 Å². The summed E-state index contributed by atoms with van der Waals surface area (Å²) in [7, 11) is 3.98. The maximum Gasteiger partial charge on any atom is 0.315 e. The Bertz CT molecular complexity index is 632. The number of likely N-dealkylation sites (N-methyl/N-ethyl adjacent to an activating group) is 1. The Labute approximate surface area is 149 Å². The van der Waals surface area contributed by atoms with Gasteiger partial charge in [-0.15, -0.1) is 0 Å². The molecule has 134 valence electrons. The summed E-state index contributed by atoms with van der Waals surface area (Å²) in [6, 6.07) is 19.4. The third kappa shape index (κ3) is 6.21. The third-order valence-corrected chi connectivity index (χ3v) is 4.14. The molecule has 0 heterocycles. The lowest BCUT2D eigenvalue weighted by atomic mass is 10.1. The van der Waals surface area contributed by atoms with Crippen LogP contribution in [0.2, 0.25) is 0 Å². The first-order valence-electron chi connectivity index (χ1n) is 8.50. The number of aliphatic hydroxyl groups excluding tert-OH is 1. The Morgan fingerprint density at radius 3 is 2.20 bits per heavy atom. The third-order valence-electron chi connectivity index (χ3n) is 4.14. The number of carbonyl (C=O) groups excluding carboxylic acids is 1. The normalized spacial score (nSPS) is 13.3. The number of amides is 2. The number of aliphatic hydroxyl groups is 1. The van der Waals surface area contributed by atoms with E-state index >= 15 is 0 Å². The summed E-state index contributed by atoms with van der Waals surface area (Å²) in [5, 5.41) is 15.3. The van der Waals surface area contributed by atoms with E-state index < -0.39 is 0 Å². The quantitative estimate of drug-likeness (QED) is 0.690. The van der Waals surface area contributed by atoms with Gasteiger partial charge < -0.3 is 20.6 Å². The van der Waals surface area contributed by atoms with Gasteiger partial charge >= 0.3 is 6.03 Å². The predicted octanol–water partition coefficient (Wildman–Crippen LogP) is 2.19. The van der Waals surface area contributed by atoms with E-state index in [1.165, 1.54) is 0 Å². The topological polar surface area (TPSA) is 64.6 Å². The van der Waals surface area contributed by atoms with Gasteiger partial charge in [-0.25, -0.2) is 4.79 Å². The molecule has 0 fully saturated rings. The zero-order valence-corrected chi connectivity index (χ0v) is 14.9. The van der Waals surface area contributed by atoms with E-state index in [9.17, 15) is 9.90 Å². The molecule has 0 spiro atoms. The molecule has 0 aliphatic rings. The fraction of sp³-hybridized carbons (Fsp3) is 0.350. The fourth-order valence-corrected chi connectivity index (χ4v) is 2.76. The molecular formula is C20H27N3O2. The highest BCUT2D eigenvalue weighted by Gasteiger charge is 2.16. The van der Waals surface area contributed by atoms with Gasteiger partial charge in [-0.2, -0.15) is 0 Å². The first kappa shape index (κ1) is 19.0. The van der Waals surface area contributed by atoms with Crippen LogP contribution in [0.5, 0.6) is 0 Å². The summed E-state index contributed by atoms with van der Waals surface area (Å²) in [5.74, 6) is 0. The van der Waals surface area contributed by atoms with Gasteiger partial charge in [-0.05, 0) is 31.6 Å². The van der Waals surface area contributed by atoms with Gasteiger partial charge in [0.25, 0.3) is 0 Å². The van der Waals surface area contributed by atoms with E-state index in [2.05, 4.69) is 27.7 Å². The Morgan fingerprint density at radius 1 is 1.04 bits per heavy atom. The number of hydrogen-bond acceptors (Lipinski definition) is 3. The fourth-order valence-electron chi connectivity index (χ4n) is 2.76. The van der Waals surface area contributed by atoms with Crippen LogP contribution in [0.4, 0.5) is 4.79 Å². The zero-order valence-electron chi connectivity index (χ0n) is 14.9. The molecule has 2 amide bonds. The van der Waals surface area contributed by atoms with Crippen LogP contribution >= 0.6 is 0 Å². The van der Waals surface area contributed by atoms with Crippen molar-refractivity contribution < 1.29 is 9.90 Å². The smallest absolute Gasteiger partial charge is 0.315 e. The van der Waals surface area contributed by atoms with Gasteiger partial charge in [0.1, 0.15) is 0 Å². The molecule has 2 atom stereocenters. The zero-order chi connectivity index (χ0) is 18.1. The molecule has 0 radical (unpaired) electrons. The van der Waals surface area contributed by atoms with E-state index in [1.54, 1.807) is 0 Å². The maximum absolute atomic E-state index is 12.2. The minimum atomic E-state index is -0.308. The van der Waals surface area contributed by atoms with E-state index in [0.29, 0.717) is 13.0 Å². The number of nitrogens with one attached hydrogen (secondary N) is 2. The Balaban J connectivity index is 1.87. The van der Waals surface area contributed by atoms with Crippen LogP contribution in [-0.4, -0.2) is 49.3 Å². The standard InChI is InChI=1S/C20H27N3O2/c1-23(2)19(17-11-7-4-8-12-17)14-21-20(25)22-18(15-24)13-16-9-5-3-6-10-16/h3-12,18-19,24H,13-15H2,1-2H3,(H2,21,22,25). The average molecular weight is 341 g/mol. The van der Waals surface area contributed by atoms with Crippen LogP contribution in [-0.2, 0) is 6.42 Å². The Morgan fingerprint density at radius 2 is 1.64 bits per heavy atom. The van der Waals surface area contributed by atoms with Crippen LogP contribution in [0.15, 0.2) is 60.7 Å². The molecular weight excluding hydrogens is 314 g/mol. The molecule has 3 N–H and O–H groups in total. The van der Waals surface area contributed by atoms with Crippen molar-refractivity contribution in [1.82, 2.24) is 15.5 Å². The average Bonchev–Trinajstić information content (AvgIpc) is 2.63. The molecule has 0 aromatic heterocycles. The number of benzene rings is 2. The first-order chi connectivity index (χ1) is 12.1. The van der Waals surface area contributed by atoms with Crippen LogP contribution in [0.1, 0.15) is 17.2 Å². The Kier molecular flexibility index (Phi) is 7.44. The highest BCUT2D eigenvalue weighted by Crippen LogP contribution is 2.16. The maximum atomic E-state index is 12.2.